The molecule has 0 heterocycles. The number of anilines is 2. The van der Waals surface area contributed by atoms with E-state index >= 15 is 0 Å². The van der Waals surface area contributed by atoms with Crippen LogP contribution in [0.15, 0.2) is 54.6 Å². The van der Waals surface area contributed by atoms with Crippen LogP contribution >= 0.6 is 0 Å². The van der Waals surface area contributed by atoms with Crippen LogP contribution in [0, 0.1) is 0 Å². The summed E-state index contributed by atoms with van der Waals surface area (Å²) in [6.45, 7) is 7.52. The Hall–Kier alpha value is -2.82. The number of ether oxygens (including phenoxy) is 1. The molecular formula is C20H24N2O3. The van der Waals surface area contributed by atoms with Crippen LogP contribution in [0.25, 0.3) is 0 Å². The van der Waals surface area contributed by atoms with Gasteiger partial charge in [-0.25, -0.2) is 4.79 Å². The Morgan fingerprint density at radius 1 is 1.00 bits per heavy atom. The van der Waals surface area contributed by atoms with Crippen molar-refractivity contribution < 1.29 is 14.3 Å². The van der Waals surface area contributed by atoms with Crippen LogP contribution < -0.4 is 10.2 Å². The topological polar surface area (TPSA) is 58.6 Å². The Labute approximate surface area is 148 Å². The van der Waals surface area contributed by atoms with Crippen molar-refractivity contribution in [1.82, 2.24) is 0 Å². The van der Waals surface area contributed by atoms with Gasteiger partial charge in [-0.1, -0.05) is 18.2 Å². The van der Waals surface area contributed by atoms with Crippen LogP contribution in [0.5, 0.6) is 0 Å². The van der Waals surface area contributed by atoms with Gasteiger partial charge in [0.05, 0.1) is 5.56 Å². The maximum Gasteiger partial charge on any atom is 0.338 e. The van der Waals surface area contributed by atoms with Gasteiger partial charge in [-0.15, -0.1) is 0 Å². The van der Waals surface area contributed by atoms with Crippen molar-refractivity contribution in [2.45, 2.75) is 26.9 Å². The van der Waals surface area contributed by atoms with Crippen molar-refractivity contribution in [1.29, 1.82) is 0 Å². The molecule has 0 aromatic heterocycles. The lowest BCUT2D eigenvalue weighted by molar-refractivity contribution is -0.123. The average Bonchev–Trinajstić information content (AvgIpc) is 2.64. The number of rotatable bonds is 7. The molecule has 1 unspecified atom stereocenters. The third-order valence-corrected chi connectivity index (χ3v) is 3.93. The molecule has 2 rings (SSSR count). The molecule has 132 valence electrons. The van der Waals surface area contributed by atoms with E-state index < -0.39 is 12.1 Å². The maximum absolute atomic E-state index is 12.2. The second kappa shape index (κ2) is 8.87. The van der Waals surface area contributed by atoms with Crippen molar-refractivity contribution in [2.24, 2.45) is 0 Å². The lowest BCUT2D eigenvalue weighted by Crippen LogP contribution is -2.30. The fourth-order valence-corrected chi connectivity index (χ4v) is 2.44. The van der Waals surface area contributed by atoms with E-state index in [1.165, 1.54) is 0 Å². The predicted molar refractivity (Wildman–Crippen MR) is 100.0 cm³/mol. The number of esters is 1. The van der Waals surface area contributed by atoms with E-state index in [0.29, 0.717) is 11.3 Å². The molecule has 25 heavy (non-hydrogen) atoms. The molecule has 0 aliphatic heterocycles. The van der Waals surface area contributed by atoms with Crippen molar-refractivity contribution >= 4 is 23.3 Å². The molecule has 2 aromatic rings. The van der Waals surface area contributed by atoms with E-state index in [0.717, 1.165) is 18.8 Å². The number of para-hydroxylation sites is 1. The fourth-order valence-electron chi connectivity index (χ4n) is 2.44. The summed E-state index contributed by atoms with van der Waals surface area (Å²) < 4.78 is 5.26. The van der Waals surface area contributed by atoms with E-state index in [2.05, 4.69) is 24.1 Å². The standard InChI is InChI=1S/C20H24N2O3/c1-4-22(5-2)18-13-11-16(12-14-18)20(24)25-15(3)19(23)21-17-9-7-6-8-10-17/h6-15H,4-5H2,1-3H3,(H,21,23). The summed E-state index contributed by atoms with van der Waals surface area (Å²) in [5, 5.41) is 2.71. The second-order valence-corrected chi connectivity index (χ2v) is 5.62. The zero-order chi connectivity index (χ0) is 18.2. The normalized spacial score (nSPS) is 11.5. The van der Waals surface area contributed by atoms with Gasteiger partial charge in [-0.3, -0.25) is 4.79 Å². The van der Waals surface area contributed by atoms with Gasteiger partial charge in [0.2, 0.25) is 0 Å². The minimum atomic E-state index is -0.879. The minimum absolute atomic E-state index is 0.362. The molecular weight excluding hydrogens is 316 g/mol. The highest BCUT2D eigenvalue weighted by Gasteiger charge is 2.19. The Morgan fingerprint density at radius 2 is 1.60 bits per heavy atom. The van der Waals surface area contributed by atoms with E-state index in [1.54, 1.807) is 31.2 Å². The first-order valence-corrected chi connectivity index (χ1v) is 8.47. The predicted octanol–water partition coefficient (Wildman–Crippen LogP) is 3.72. The van der Waals surface area contributed by atoms with Crippen LogP contribution in [-0.2, 0) is 9.53 Å². The number of hydrogen-bond acceptors (Lipinski definition) is 4. The first-order valence-electron chi connectivity index (χ1n) is 8.47. The molecule has 0 radical (unpaired) electrons. The number of hydrogen-bond donors (Lipinski definition) is 1. The second-order valence-electron chi connectivity index (χ2n) is 5.62. The summed E-state index contributed by atoms with van der Waals surface area (Å²) in [5.41, 5.74) is 2.14. The Morgan fingerprint density at radius 3 is 2.16 bits per heavy atom. The number of benzene rings is 2. The monoisotopic (exact) mass is 340 g/mol. The van der Waals surface area contributed by atoms with Crippen molar-refractivity contribution in [3.63, 3.8) is 0 Å². The maximum atomic E-state index is 12.2. The molecule has 0 aliphatic rings. The van der Waals surface area contributed by atoms with Gasteiger partial charge in [0.1, 0.15) is 0 Å². The van der Waals surface area contributed by atoms with Gasteiger partial charge in [0.25, 0.3) is 5.91 Å². The molecule has 5 nitrogen and oxygen atoms in total. The van der Waals surface area contributed by atoms with E-state index in [-0.39, 0.29) is 5.91 Å². The molecule has 1 N–H and O–H groups in total. The SMILES string of the molecule is CCN(CC)c1ccc(C(=O)OC(C)C(=O)Nc2ccccc2)cc1. The highest BCUT2D eigenvalue weighted by Crippen LogP contribution is 2.16. The lowest BCUT2D eigenvalue weighted by Gasteiger charge is -2.21. The summed E-state index contributed by atoms with van der Waals surface area (Å²) in [7, 11) is 0. The van der Waals surface area contributed by atoms with Crippen LogP contribution in [0.4, 0.5) is 11.4 Å². The van der Waals surface area contributed by atoms with E-state index in [9.17, 15) is 9.59 Å². The number of amides is 1. The largest absolute Gasteiger partial charge is 0.449 e. The van der Waals surface area contributed by atoms with Gasteiger partial charge >= 0.3 is 5.97 Å². The van der Waals surface area contributed by atoms with Crippen LogP contribution in [0.1, 0.15) is 31.1 Å². The van der Waals surface area contributed by atoms with Crippen LogP contribution in [0.3, 0.4) is 0 Å². The molecule has 2 aromatic carbocycles. The summed E-state index contributed by atoms with van der Waals surface area (Å²) in [6, 6.07) is 16.3. The highest BCUT2D eigenvalue weighted by molar-refractivity contribution is 5.97. The van der Waals surface area contributed by atoms with Crippen molar-refractivity contribution in [2.75, 3.05) is 23.3 Å². The van der Waals surface area contributed by atoms with Gasteiger partial charge in [-0.05, 0) is 57.2 Å². The molecule has 5 heteroatoms. The third-order valence-electron chi connectivity index (χ3n) is 3.93. The van der Waals surface area contributed by atoms with Crippen LogP contribution in [-0.4, -0.2) is 31.1 Å². The summed E-state index contributed by atoms with van der Waals surface area (Å²) in [5.74, 6) is -0.874. The van der Waals surface area contributed by atoms with Gasteiger partial charge in [-0.2, -0.15) is 0 Å². The molecule has 0 bridgehead atoms. The number of nitrogens with zero attached hydrogens (tertiary/aromatic N) is 1. The molecule has 0 saturated heterocycles. The molecule has 0 fully saturated rings. The zero-order valence-corrected chi connectivity index (χ0v) is 14.9. The molecule has 0 aliphatic carbocycles. The zero-order valence-electron chi connectivity index (χ0n) is 14.9. The molecule has 0 saturated carbocycles. The van der Waals surface area contributed by atoms with Gasteiger partial charge in [0, 0.05) is 24.5 Å². The number of carbonyl (C=O) groups is 2. The average molecular weight is 340 g/mol. The quantitative estimate of drug-likeness (QED) is 0.781. The van der Waals surface area contributed by atoms with Gasteiger partial charge < -0.3 is 15.0 Å². The van der Waals surface area contributed by atoms with E-state index in [1.807, 2.05) is 30.3 Å². The van der Waals surface area contributed by atoms with Crippen molar-refractivity contribution in [3.05, 3.63) is 60.2 Å². The Balaban J connectivity index is 1.95. The number of nitrogens with one attached hydrogen (secondary N) is 1. The van der Waals surface area contributed by atoms with Gasteiger partial charge in [0.15, 0.2) is 6.10 Å². The van der Waals surface area contributed by atoms with Crippen molar-refractivity contribution in [3.8, 4) is 0 Å². The molecule has 1 amide bonds. The highest BCUT2D eigenvalue weighted by atomic mass is 16.5. The molecule has 1 atom stereocenters. The van der Waals surface area contributed by atoms with E-state index in [4.69, 9.17) is 4.74 Å². The minimum Gasteiger partial charge on any atom is -0.449 e. The third kappa shape index (κ3) is 5.08. The summed E-state index contributed by atoms with van der Waals surface area (Å²) in [4.78, 5) is 26.5. The van der Waals surface area contributed by atoms with Crippen LogP contribution in [0.2, 0.25) is 0 Å². The summed E-state index contributed by atoms with van der Waals surface area (Å²) in [6.07, 6.45) is -0.879. The first-order chi connectivity index (χ1) is 12.0. The Bertz CT molecular complexity index is 695. The molecule has 0 spiro atoms. The fraction of sp³-hybridized carbons (Fsp3) is 0.300. The lowest BCUT2D eigenvalue weighted by atomic mass is 10.2. The number of carbonyl (C=O) groups excluding carboxylic acids is 2. The smallest absolute Gasteiger partial charge is 0.338 e. The summed E-state index contributed by atoms with van der Waals surface area (Å²) >= 11 is 0. The first kappa shape index (κ1) is 18.5. The Kier molecular flexibility index (Phi) is 6.57.